The Labute approximate surface area is 111 Å². The van der Waals surface area contributed by atoms with Gasteiger partial charge in [0.1, 0.15) is 12.6 Å². The Morgan fingerprint density at radius 3 is 2.74 bits per heavy atom. The van der Waals surface area contributed by atoms with Crippen LogP contribution < -0.4 is 0 Å². The fourth-order valence-corrected chi connectivity index (χ4v) is 2.68. The van der Waals surface area contributed by atoms with E-state index < -0.39 is 0 Å². The van der Waals surface area contributed by atoms with Gasteiger partial charge in [-0.25, -0.2) is 4.58 Å². The second-order valence-corrected chi connectivity index (χ2v) is 5.05. The lowest BCUT2D eigenvalue weighted by Gasteiger charge is -1.97. The van der Waals surface area contributed by atoms with Crippen LogP contribution in [0.5, 0.6) is 0 Å². The smallest absolute Gasteiger partial charge is 0.207 e. The van der Waals surface area contributed by atoms with E-state index in [1.807, 2.05) is 0 Å². The van der Waals surface area contributed by atoms with Crippen molar-refractivity contribution in [3.05, 3.63) is 53.8 Å². The summed E-state index contributed by atoms with van der Waals surface area (Å²) in [5.74, 6) is 0.946. The number of likely N-dealkylation sites (N-methyl/N-ethyl adjacent to an activating group) is 1. The lowest BCUT2D eigenvalue weighted by molar-refractivity contribution is -0.481. The average Bonchev–Trinajstić information content (AvgIpc) is 2.62. The highest BCUT2D eigenvalue weighted by Crippen LogP contribution is 2.30. The molecule has 1 aliphatic heterocycles. The van der Waals surface area contributed by atoms with Crippen LogP contribution in [0.4, 0.5) is 0 Å². The number of fused-ring (bicyclic) bond motifs is 4. The minimum atomic E-state index is 0.916. The second-order valence-electron chi connectivity index (χ2n) is 5.05. The van der Waals surface area contributed by atoms with Crippen molar-refractivity contribution in [2.75, 3.05) is 13.6 Å². The summed E-state index contributed by atoms with van der Waals surface area (Å²) in [6.45, 7) is 0.916. The van der Waals surface area contributed by atoms with Gasteiger partial charge in [-0.3, -0.25) is 0 Å². The summed E-state index contributed by atoms with van der Waals surface area (Å²) in [5.41, 5.74) is 2.14. The molecule has 19 heavy (non-hydrogen) atoms. The molecular weight excluding hydrogens is 234 g/mol. The van der Waals surface area contributed by atoms with Crippen LogP contribution in [0.3, 0.4) is 0 Å². The largest absolute Gasteiger partial charge is 0.450 e. The third-order valence-electron chi connectivity index (χ3n) is 3.64. The Kier molecular flexibility index (Phi) is 2.12. The molecule has 0 N–H and O–H groups in total. The summed E-state index contributed by atoms with van der Waals surface area (Å²) < 4.78 is 8.13. The first kappa shape index (κ1) is 10.6. The van der Waals surface area contributed by atoms with E-state index in [1.54, 1.807) is 0 Å². The zero-order valence-electron chi connectivity index (χ0n) is 10.8. The van der Waals surface area contributed by atoms with E-state index in [0.717, 1.165) is 17.9 Å². The van der Waals surface area contributed by atoms with Gasteiger partial charge in [0.2, 0.25) is 6.21 Å². The number of furan rings is 1. The highest BCUT2D eigenvalue weighted by atomic mass is 16.3. The summed E-state index contributed by atoms with van der Waals surface area (Å²) in [4.78, 5) is 0. The molecule has 0 saturated heterocycles. The van der Waals surface area contributed by atoms with E-state index in [4.69, 9.17) is 4.42 Å². The molecule has 0 saturated carbocycles. The molecule has 1 aromatic heterocycles. The van der Waals surface area contributed by atoms with Gasteiger partial charge in [0.15, 0.2) is 12.3 Å². The van der Waals surface area contributed by atoms with Crippen molar-refractivity contribution in [3.63, 3.8) is 0 Å². The molecule has 0 spiro atoms. The highest BCUT2D eigenvalue weighted by molar-refractivity contribution is 6.03. The highest BCUT2D eigenvalue weighted by Gasteiger charge is 2.16. The molecular formula is C17H14NO+. The van der Waals surface area contributed by atoms with Crippen molar-refractivity contribution < 1.29 is 8.99 Å². The Morgan fingerprint density at radius 2 is 1.89 bits per heavy atom. The third-order valence-corrected chi connectivity index (χ3v) is 3.64. The molecule has 0 bridgehead atoms. The van der Waals surface area contributed by atoms with Crippen LogP contribution in [-0.2, 0) is 0 Å². The van der Waals surface area contributed by atoms with Crippen molar-refractivity contribution in [1.29, 1.82) is 0 Å². The van der Waals surface area contributed by atoms with Gasteiger partial charge < -0.3 is 4.42 Å². The zero-order chi connectivity index (χ0) is 12.8. The van der Waals surface area contributed by atoms with Crippen LogP contribution in [0.1, 0.15) is 11.3 Å². The molecule has 2 heteroatoms. The van der Waals surface area contributed by atoms with E-state index in [1.165, 1.54) is 21.7 Å². The standard InChI is InChI=1S/C17H14NO/c1-18-8-4-7-14-15-9-12-5-2-3-6-13(12)10-16(15)19-17(14)11-18/h2-7,9-11H,8H2,1H3/q+1. The quantitative estimate of drug-likeness (QED) is 0.554. The van der Waals surface area contributed by atoms with Gasteiger partial charge in [-0.15, -0.1) is 0 Å². The van der Waals surface area contributed by atoms with Crippen LogP contribution in [-0.4, -0.2) is 24.4 Å². The minimum Gasteiger partial charge on any atom is -0.450 e. The molecule has 2 aromatic carbocycles. The number of hydrogen-bond acceptors (Lipinski definition) is 1. The normalized spacial score (nSPS) is 14.5. The summed E-state index contributed by atoms with van der Waals surface area (Å²) >= 11 is 0. The first-order chi connectivity index (χ1) is 9.31. The van der Waals surface area contributed by atoms with Crippen molar-refractivity contribution in [2.24, 2.45) is 0 Å². The summed E-state index contributed by atoms with van der Waals surface area (Å²) in [6.07, 6.45) is 6.41. The molecule has 0 amide bonds. The summed E-state index contributed by atoms with van der Waals surface area (Å²) in [7, 11) is 2.06. The van der Waals surface area contributed by atoms with Crippen LogP contribution in [0.2, 0.25) is 0 Å². The topological polar surface area (TPSA) is 16.1 Å². The van der Waals surface area contributed by atoms with E-state index in [-0.39, 0.29) is 0 Å². The maximum Gasteiger partial charge on any atom is 0.207 e. The lowest BCUT2D eigenvalue weighted by Crippen LogP contribution is -2.05. The lowest BCUT2D eigenvalue weighted by atomic mass is 10.0. The van der Waals surface area contributed by atoms with Gasteiger partial charge >= 0.3 is 0 Å². The van der Waals surface area contributed by atoms with Crippen LogP contribution in [0.25, 0.3) is 27.8 Å². The van der Waals surface area contributed by atoms with Gasteiger partial charge in [-0.05, 0) is 35.1 Å². The maximum absolute atomic E-state index is 6.00. The van der Waals surface area contributed by atoms with Crippen LogP contribution >= 0.6 is 0 Å². The van der Waals surface area contributed by atoms with E-state index in [0.29, 0.717) is 0 Å². The van der Waals surface area contributed by atoms with Gasteiger partial charge in [-0.1, -0.05) is 24.3 Å². The van der Waals surface area contributed by atoms with Crippen molar-refractivity contribution >= 4 is 34.0 Å². The predicted molar refractivity (Wildman–Crippen MR) is 79.0 cm³/mol. The van der Waals surface area contributed by atoms with Gasteiger partial charge in [0.25, 0.3) is 0 Å². The fraction of sp³-hybridized carbons (Fsp3) is 0.118. The Morgan fingerprint density at radius 1 is 1.11 bits per heavy atom. The minimum absolute atomic E-state index is 0.916. The first-order valence-electron chi connectivity index (χ1n) is 6.48. The Balaban J connectivity index is 2.12. The number of benzene rings is 2. The number of hydrogen-bond donors (Lipinski definition) is 0. The first-order valence-corrected chi connectivity index (χ1v) is 6.48. The van der Waals surface area contributed by atoms with Crippen molar-refractivity contribution in [2.45, 2.75) is 0 Å². The molecule has 0 atom stereocenters. The fourth-order valence-electron chi connectivity index (χ4n) is 2.68. The van der Waals surface area contributed by atoms with Crippen LogP contribution in [0.15, 0.2) is 46.9 Å². The van der Waals surface area contributed by atoms with Gasteiger partial charge in [0, 0.05) is 10.9 Å². The molecule has 92 valence electrons. The molecule has 2 nitrogen and oxygen atoms in total. The van der Waals surface area contributed by atoms with Crippen LogP contribution in [0, 0.1) is 0 Å². The summed E-state index contributed by atoms with van der Waals surface area (Å²) in [6, 6.07) is 12.7. The molecule has 3 aromatic rings. The Hall–Kier alpha value is -2.35. The molecule has 0 fully saturated rings. The van der Waals surface area contributed by atoms with Gasteiger partial charge in [-0.2, -0.15) is 0 Å². The molecule has 1 aliphatic rings. The van der Waals surface area contributed by atoms with Gasteiger partial charge in [0.05, 0.1) is 0 Å². The Bertz CT molecular complexity index is 852. The summed E-state index contributed by atoms with van der Waals surface area (Å²) in [5, 5.41) is 3.66. The van der Waals surface area contributed by atoms with E-state index >= 15 is 0 Å². The molecule has 4 rings (SSSR count). The molecule has 0 radical (unpaired) electrons. The van der Waals surface area contributed by atoms with Crippen molar-refractivity contribution in [1.82, 2.24) is 0 Å². The SMILES string of the molecule is C[N+]1=Cc2oc3cc4ccccc4cc3c2C=CC1. The van der Waals surface area contributed by atoms with Crippen molar-refractivity contribution in [3.8, 4) is 0 Å². The third kappa shape index (κ3) is 1.60. The molecule has 0 unspecified atom stereocenters. The monoisotopic (exact) mass is 248 g/mol. The molecule has 0 aliphatic carbocycles. The number of rotatable bonds is 0. The molecule has 2 heterocycles. The van der Waals surface area contributed by atoms with E-state index in [9.17, 15) is 0 Å². The van der Waals surface area contributed by atoms with E-state index in [2.05, 4.69) is 66.4 Å². The average molecular weight is 248 g/mol. The zero-order valence-corrected chi connectivity index (χ0v) is 10.8. The predicted octanol–water partition coefficient (Wildman–Crippen LogP) is 3.67. The maximum atomic E-state index is 6.00. The second kappa shape index (κ2) is 3.82. The number of nitrogens with zero attached hydrogens (tertiary/aromatic N) is 1.